The van der Waals surface area contributed by atoms with Gasteiger partial charge in [-0.15, -0.1) is 0 Å². The van der Waals surface area contributed by atoms with E-state index in [2.05, 4.69) is 26.2 Å². The maximum Gasteiger partial charge on any atom is 0.303 e. The molecule has 0 spiro atoms. The average molecular weight is 302 g/mol. The van der Waals surface area contributed by atoms with Gasteiger partial charge in [-0.25, -0.2) is 4.98 Å². The SMILES string of the molecule is Nc1cc(Br)cnc1NCCCCCC(=O)O. The van der Waals surface area contributed by atoms with Gasteiger partial charge in [-0.3, -0.25) is 4.79 Å². The molecule has 5 nitrogen and oxygen atoms in total. The topological polar surface area (TPSA) is 88.2 Å². The Balaban J connectivity index is 2.20. The van der Waals surface area contributed by atoms with Crippen molar-refractivity contribution in [1.29, 1.82) is 0 Å². The lowest BCUT2D eigenvalue weighted by Gasteiger charge is -2.07. The van der Waals surface area contributed by atoms with E-state index in [0.29, 0.717) is 17.9 Å². The number of carboxylic acid groups (broad SMARTS) is 1. The summed E-state index contributed by atoms with van der Waals surface area (Å²) in [7, 11) is 0. The molecule has 17 heavy (non-hydrogen) atoms. The molecule has 0 bridgehead atoms. The Morgan fingerprint density at radius 3 is 2.88 bits per heavy atom. The Labute approximate surface area is 109 Å². The fraction of sp³-hybridized carbons (Fsp3) is 0.455. The summed E-state index contributed by atoms with van der Waals surface area (Å²) in [5.41, 5.74) is 6.37. The third kappa shape index (κ3) is 5.53. The minimum atomic E-state index is -0.739. The van der Waals surface area contributed by atoms with Crippen molar-refractivity contribution in [2.45, 2.75) is 25.7 Å². The number of aliphatic carboxylic acids is 1. The van der Waals surface area contributed by atoms with Crippen molar-refractivity contribution in [2.24, 2.45) is 0 Å². The molecule has 4 N–H and O–H groups in total. The normalized spacial score (nSPS) is 10.2. The number of nitrogens with zero attached hydrogens (tertiary/aromatic N) is 1. The van der Waals surface area contributed by atoms with Gasteiger partial charge in [-0.2, -0.15) is 0 Å². The Kier molecular flexibility index (Phi) is 5.76. The van der Waals surface area contributed by atoms with Crippen LogP contribution in [0.25, 0.3) is 0 Å². The van der Waals surface area contributed by atoms with Gasteiger partial charge in [-0.05, 0) is 34.8 Å². The zero-order chi connectivity index (χ0) is 12.7. The minimum absolute atomic E-state index is 0.235. The monoisotopic (exact) mass is 301 g/mol. The van der Waals surface area contributed by atoms with Crippen LogP contribution in [0.15, 0.2) is 16.7 Å². The van der Waals surface area contributed by atoms with Crippen LogP contribution in [0.4, 0.5) is 11.5 Å². The van der Waals surface area contributed by atoms with E-state index in [-0.39, 0.29) is 6.42 Å². The van der Waals surface area contributed by atoms with Crippen LogP contribution in [0, 0.1) is 0 Å². The van der Waals surface area contributed by atoms with Crippen LogP contribution in [-0.4, -0.2) is 22.6 Å². The Morgan fingerprint density at radius 2 is 2.24 bits per heavy atom. The van der Waals surface area contributed by atoms with Crippen molar-refractivity contribution >= 4 is 33.4 Å². The number of nitrogens with one attached hydrogen (secondary N) is 1. The first-order valence-electron chi connectivity index (χ1n) is 5.46. The summed E-state index contributed by atoms with van der Waals surface area (Å²) in [5.74, 6) is -0.0665. The van der Waals surface area contributed by atoms with Gasteiger partial charge >= 0.3 is 5.97 Å². The predicted octanol–water partition coefficient (Wildman–Crippen LogP) is 2.48. The average Bonchev–Trinajstić information content (AvgIpc) is 2.25. The summed E-state index contributed by atoms with van der Waals surface area (Å²) in [6, 6.07) is 1.79. The first-order chi connectivity index (χ1) is 8.09. The lowest BCUT2D eigenvalue weighted by molar-refractivity contribution is -0.137. The number of aromatic nitrogens is 1. The Morgan fingerprint density at radius 1 is 1.47 bits per heavy atom. The van der Waals surface area contributed by atoms with Crippen LogP contribution >= 0.6 is 15.9 Å². The molecule has 1 aromatic heterocycles. The summed E-state index contributed by atoms with van der Waals surface area (Å²) in [4.78, 5) is 14.4. The first kappa shape index (κ1) is 13.8. The van der Waals surface area contributed by atoms with Crippen molar-refractivity contribution in [3.8, 4) is 0 Å². The number of hydrogen-bond acceptors (Lipinski definition) is 4. The number of unbranched alkanes of at least 4 members (excludes halogenated alkanes) is 2. The summed E-state index contributed by atoms with van der Waals surface area (Å²) in [6.45, 7) is 0.748. The second-order valence-electron chi connectivity index (χ2n) is 3.72. The molecular formula is C11H16BrN3O2. The molecule has 0 amide bonds. The van der Waals surface area contributed by atoms with E-state index in [1.54, 1.807) is 12.3 Å². The third-order valence-corrected chi connectivity index (χ3v) is 2.68. The highest BCUT2D eigenvalue weighted by molar-refractivity contribution is 9.10. The molecule has 1 heterocycles. The summed E-state index contributed by atoms with van der Waals surface area (Å²) < 4.78 is 0.849. The molecule has 0 aliphatic carbocycles. The standard InChI is InChI=1S/C11H16BrN3O2/c12-8-6-9(13)11(15-7-8)14-5-3-1-2-4-10(16)17/h6-7H,1-5,13H2,(H,14,15)(H,16,17). The maximum atomic E-state index is 10.3. The number of nitrogens with two attached hydrogens (primary N) is 1. The number of hydrogen-bond donors (Lipinski definition) is 3. The number of carbonyl (C=O) groups is 1. The highest BCUT2D eigenvalue weighted by Crippen LogP contribution is 2.19. The Bertz CT molecular complexity index is 385. The van der Waals surface area contributed by atoms with Crippen molar-refractivity contribution in [1.82, 2.24) is 4.98 Å². The van der Waals surface area contributed by atoms with Gasteiger partial charge in [0.1, 0.15) is 5.82 Å². The zero-order valence-electron chi connectivity index (χ0n) is 9.45. The van der Waals surface area contributed by atoms with Crippen molar-refractivity contribution in [3.63, 3.8) is 0 Å². The van der Waals surface area contributed by atoms with Crippen molar-refractivity contribution < 1.29 is 9.90 Å². The van der Waals surface area contributed by atoms with E-state index in [4.69, 9.17) is 10.8 Å². The molecule has 0 aliphatic rings. The smallest absolute Gasteiger partial charge is 0.303 e. The number of carboxylic acids is 1. The van der Waals surface area contributed by atoms with Gasteiger partial charge in [-0.1, -0.05) is 6.42 Å². The molecule has 94 valence electrons. The summed E-state index contributed by atoms with van der Waals surface area (Å²) >= 11 is 3.29. The molecule has 6 heteroatoms. The maximum absolute atomic E-state index is 10.3. The molecule has 0 aliphatic heterocycles. The molecule has 1 aromatic rings. The number of anilines is 2. The third-order valence-electron chi connectivity index (χ3n) is 2.24. The second kappa shape index (κ2) is 7.11. The number of rotatable bonds is 7. The van der Waals surface area contributed by atoms with E-state index in [1.165, 1.54) is 0 Å². The van der Waals surface area contributed by atoms with Gasteiger partial charge in [0, 0.05) is 23.6 Å². The molecule has 0 saturated carbocycles. The van der Waals surface area contributed by atoms with Crippen molar-refractivity contribution in [3.05, 3.63) is 16.7 Å². The van der Waals surface area contributed by atoms with Crippen LogP contribution in [0.3, 0.4) is 0 Å². The molecule has 1 rings (SSSR count). The van der Waals surface area contributed by atoms with Crippen LogP contribution in [0.5, 0.6) is 0 Å². The fourth-order valence-corrected chi connectivity index (χ4v) is 1.74. The highest BCUT2D eigenvalue weighted by atomic mass is 79.9. The number of halogens is 1. The van der Waals surface area contributed by atoms with Crippen LogP contribution in [0.2, 0.25) is 0 Å². The number of pyridine rings is 1. The highest BCUT2D eigenvalue weighted by Gasteiger charge is 2.01. The van der Waals surface area contributed by atoms with Gasteiger partial charge in [0.15, 0.2) is 0 Å². The molecule has 0 atom stereocenters. The van der Waals surface area contributed by atoms with Crippen molar-refractivity contribution in [2.75, 3.05) is 17.6 Å². The quantitative estimate of drug-likeness (QED) is 0.673. The Hall–Kier alpha value is -1.30. The summed E-state index contributed by atoms with van der Waals surface area (Å²) in [5, 5.41) is 11.6. The van der Waals surface area contributed by atoms with Crippen LogP contribution in [-0.2, 0) is 4.79 Å². The lowest BCUT2D eigenvalue weighted by atomic mass is 10.2. The zero-order valence-corrected chi connectivity index (χ0v) is 11.0. The van der Waals surface area contributed by atoms with Gasteiger partial charge in [0.2, 0.25) is 0 Å². The van der Waals surface area contributed by atoms with Gasteiger partial charge in [0.05, 0.1) is 5.69 Å². The van der Waals surface area contributed by atoms with Crippen LogP contribution in [0.1, 0.15) is 25.7 Å². The minimum Gasteiger partial charge on any atom is -0.481 e. The fourth-order valence-electron chi connectivity index (χ4n) is 1.39. The molecule has 0 saturated heterocycles. The largest absolute Gasteiger partial charge is 0.481 e. The van der Waals surface area contributed by atoms with Gasteiger partial charge < -0.3 is 16.2 Å². The predicted molar refractivity (Wildman–Crippen MR) is 70.9 cm³/mol. The number of nitrogen functional groups attached to an aromatic ring is 1. The molecule has 0 radical (unpaired) electrons. The molecular weight excluding hydrogens is 286 g/mol. The van der Waals surface area contributed by atoms with E-state index in [0.717, 1.165) is 23.9 Å². The summed E-state index contributed by atoms with van der Waals surface area (Å²) in [6.07, 6.45) is 4.42. The van der Waals surface area contributed by atoms with Gasteiger partial charge in [0.25, 0.3) is 0 Å². The molecule has 0 unspecified atom stereocenters. The van der Waals surface area contributed by atoms with E-state index < -0.39 is 5.97 Å². The van der Waals surface area contributed by atoms with Crippen LogP contribution < -0.4 is 11.1 Å². The molecule has 0 fully saturated rings. The van der Waals surface area contributed by atoms with E-state index in [1.807, 2.05) is 0 Å². The second-order valence-corrected chi connectivity index (χ2v) is 4.64. The van der Waals surface area contributed by atoms with E-state index in [9.17, 15) is 4.79 Å². The van der Waals surface area contributed by atoms with E-state index >= 15 is 0 Å². The first-order valence-corrected chi connectivity index (χ1v) is 6.25. The lowest BCUT2D eigenvalue weighted by Crippen LogP contribution is -2.06. The molecule has 0 aromatic carbocycles.